The molecular formula is C27H30F3NO5. The highest BCUT2D eigenvalue weighted by molar-refractivity contribution is 6.04. The molecule has 2 aromatic rings. The number of carbonyl (C=O) groups is 3. The maximum absolute atomic E-state index is 13.0. The van der Waals surface area contributed by atoms with Gasteiger partial charge >= 0.3 is 18.1 Å². The molecule has 0 saturated heterocycles. The Morgan fingerprint density at radius 3 is 2.31 bits per heavy atom. The second kappa shape index (κ2) is 11.6. The highest BCUT2D eigenvalue weighted by Gasteiger charge is 2.34. The van der Waals surface area contributed by atoms with E-state index in [1.807, 2.05) is 0 Å². The Balaban J connectivity index is 1.64. The van der Waals surface area contributed by atoms with Crippen LogP contribution in [0, 0.1) is 17.8 Å². The summed E-state index contributed by atoms with van der Waals surface area (Å²) in [5, 5.41) is 2.26. The number of anilines is 1. The molecule has 1 saturated carbocycles. The first-order chi connectivity index (χ1) is 17.0. The molecule has 1 aliphatic rings. The van der Waals surface area contributed by atoms with Crippen LogP contribution in [0.3, 0.4) is 0 Å². The normalized spacial score (nSPS) is 20.0. The summed E-state index contributed by atoms with van der Waals surface area (Å²) in [6.07, 6.45) is -2.04. The van der Waals surface area contributed by atoms with E-state index < -0.39 is 36.2 Å². The van der Waals surface area contributed by atoms with Gasteiger partial charge in [0.25, 0.3) is 5.91 Å². The lowest BCUT2D eigenvalue weighted by atomic mass is 9.75. The van der Waals surface area contributed by atoms with Crippen molar-refractivity contribution >= 4 is 23.5 Å². The molecule has 3 rings (SSSR count). The van der Waals surface area contributed by atoms with Crippen molar-refractivity contribution in [2.24, 2.45) is 17.8 Å². The van der Waals surface area contributed by atoms with Gasteiger partial charge < -0.3 is 14.8 Å². The molecule has 6 nitrogen and oxygen atoms in total. The number of carbonyl (C=O) groups excluding carboxylic acids is 3. The van der Waals surface area contributed by atoms with E-state index in [0.29, 0.717) is 11.8 Å². The zero-order valence-electron chi connectivity index (χ0n) is 20.4. The predicted molar refractivity (Wildman–Crippen MR) is 127 cm³/mol. The largest absolute Gasteiger partial charge is 0.458 e. The fourth-order valence-corrected chi connectivity index (χ4v) is 4.47. The molecule has 0 bridgehead atoms. The summed E-state index contributed by atoms with van der Waals surface area (Å²) in [6.45, 7) is 5.57. The monoisotopic (exact) mass is 505 g/mol. The molecule has 0 heterocycles. The van der Waals surface area contributed by atoms with Gasteiger partial charge in [0, 0.05) is 5.69 Å². The van der Waals surface area contributed by atoms with Gasteiger partial charge in [-0.3, -0.25) is 4.79 Å². The lowest BCUT2D eigenvalue weighted by molar-refractivity contribution is -0.137. The smallest absolute Gasteiger partial charge is 0.416 e. The van der Waals surface area contributed by atoms with Gasteiger partial charge in [-0.15, -0.1) is 0 Å². The minimum Gasteiger partial charge on any atom is -0.458 e. The van der Waals surface area contributed by atoms with Crippen molar-refractivity contribution in [1.82, 2.24) is 0 Å². The number of halogens is 3. The molecule has 36 heavy (non-hydrogen) atoms. The van der Waals surface area contributed by atoms with Crippen molar-refractivity contribution in [2.45, 2.75) is 52.3 Å². The van der Waals surface area contributed by atoms with E-state index in [2.05, 4.69) is 26.1 Å². The minimum absolute atomic E-state index is 0.0292. The molecule has 2 aromatic carbocycles. The first-order valence-corrected chi connectivity index (χ1v) is 11.9. The van der Waals surface area contributed by atoms with Crippen molar-refractivity contribution in [1.29, 1.82) is 0 Å². The summed E-state index contributed by atoms with van der Waals surface area (Å²) >= 11 is 0. The van der Waals surface area contributed by atoms with Crippen LogP contribution in [-0.4, -0.2) is 30.6 Å². The van der Waals surface area contributed by atoms with Crippen LogP contribution in [0.2, 0.25) is 0 Å². The predicted octanol–water partition coefficient (Wildman–Crippen LogP) is 6.12. The van der Waals surface area contributed by atoms with Crippen molar-refractivity contribution in [2.75, 3.05) is 11.9 Å². The summed E-state index contributed by atoms with van der Waals surface area (Å²) in [6, 6.07) is 10.1. The van der Waals surface area contributed by atoms with Crippen molar-refractivity contribution in [3.05, 3.63) is 65.2 Å². The summed E-state index contributed by atoms with van der Waals surface area (Å²) in [5.41, 5.74) is -1.03. The first kappa shape index (κ1) is 27.2. The van der Waals surface area contributed by atoms with E-state index in [4.69, 9.17) is 9.47 Å². The lowest BCUT2D eigenvalue weighted by Crippen LogP contribution is -2.36. The number of alkyl halides is 3. The highest BCUT2D eigenvalue weighted by atomic mass is 19.4. The minimum atomic E-state index is -4.56. The molecule has 1 amide bonds. The van der Waals surface area contributed by atoms with Gasteiger partial charge in [-0.05, 0) is 60.9 Å². The van der Waals surface area contributed by atoms with E-state index in [9.17, 15) is 27.6 Å². The quantitative estimate of drug-likeness (QED) is 0.459. The van der Waals surface area contributed by atoms with E-state index in [-0.39, 0.29) is 28.8 Å². The van der Waals surface area contributed by atoms with E-state index in [0.717, 1.165) is 37.5 Å². The summed E-state index contributed by atoms with van der Waals surface area (Å²) in [4.78, 5) is 37.8. The Hall–Kier alpha value is -3.36. The molecule has 9 heteroatoms. The third-order valence-corrected chi connectivity index (χ3v) is 6.39. The van der Waals surface area contributed by atoms with Gasteiger partial charge in [-0.1, -0.05) is 45.4 Å². The van der Waals surface area contributed by atoms with Gasteiger partial charge in [-0.25, -0.2) is 9.59 Å². The third kappa shape index (κ3) is 7.08. The fourth-order valence-electron chi connectivity index (χ4n) is 4.47. The van der Waals surface area contributed by atoms with Crippen LogP contribution in [-0.2, 0) is 20.4 Å². The summed E-state index contributed by atoms with van der Waals surface area (Å²) in [7, 11) is 0. The SMILES string of the molecule is CC(C)[C@H]1CC[C@@H](C)C[C@@H]1OC(=O)c1ccccc1C(=O)OCC(=O)Nc1cccc(C(F)(F)F)c1. The fraction of sp³-hybridized carbons (Fsp3) is 0.444. The molecule has 0 aliphatic heterocycles. The first-order valence-electron chi connectivity index (χ1n) is 11.9. The molecule has 0 spiro atoms. The van der Waals surface area contributed by atoms with Crippen molar-refractivity contribution in [3.63, 3.8) is 0 Å². The van der Waals surface area contributed by atoms with Gasteiger partial charge in [0.05, 0.1) is 16.7 Å². The van der Waals surface area contributed by atoms with Crippen LogP contribution >= 0.6 is 0 Å². The third-order valence-electron chi connectivity index (χ3n) is 6.39. The van der Waals surface area contributed by atoms with Crippen LogP contribution in [0.5, 0.6) is 0 Å². The molecule has 0 aromatic heterocycles. The number of nitrogens with one attached hydrogen (secondary N) is 1. The summed E-state index contributed by atoms with van der Waals surface area (Å²) in [5.74, 6) is -1.39. The second-order valence-electron chi connectivity index (χ2n) is 9.52. The topological polar surface area (TPSA) is 81.7 Å². The average molecular weight is 506 g/mol. The van der Waals surface area contributed by atoms with Gasteiger partial charge in [0.2, 0.25) is 0 Å². The van der Waals surface area contributed by atoms with Gasteiger partial charge in [0.1, 0.15) is 6.10 Å². The lowest BCUT2D eigenvalue weighted by Gasteiger charge is -2.36. The Bertz CT molecular complexity index is 1100. The van der Waals surface area contributed by atoms with Crippen LogP contribution in [0.1, 0.15) is 66.3 Å². The second-order valence-corrected chi connectivity index (χ2v) is 9.52. The van der Waals surface area contributed by atoms with Crippen LogP contribution < -0.4 is 5.32 Å². The molecular weight excluding hydrogens is 475 g/mol. The Morgan fingerprint density at radius 1 is 1.00 bits per heavy atom. The molecule has 1 N–H and O–H groups in total. The molecule has 0 unspecified atom stereocenters. The van der Waals surface area contributed by atoms with Crippen LogP contribution in [0.15, 0.2) is 48.5 Å². The van der Waals surface area contributed by atoms with Gasteiger partial charge in [-0.2, -0.15) is 13.2 Å². The number of rotatable bonds is 7. The Morgan fingerprint density at radius 2 is 1.67 bits per heavy atom. The zero-order chi connectivity index (χ0) is 26.5. The number of benzene rings is 2. The molecule has 3 atom stereocenters. The summed E-state index contributed by atoms with van der Waals surface area (Å²) < 4.78 is 49.4. The van der Waals surface area contributed by atoms with Gasteiger partial charge in [0.15, 0.2) is 6.61 Å². The highest BCUT2D eigenvalue weighted by Crippen LogP contribution is 2.36. The van der Waals surface area contributed by atoms with Crippen LogP contribution in [0.4, 0.5) is 18.9 Å². The maximum Gasteiger partial charge on any atom is 0.416 e. The molecule has 0 radical (unpaired) electrons. The molecule has 1 fully saturated rings. The Kier molecular flexibility index (Phi) is 8.76. The van der Waals surface area contributed by atoms with E-state index in [1.165, 1.54) is 18.2 Å². The Labute approximate surface area is 208 Å². The zero-order valence-corrected chi connectivity index (χ0v) is 20.4. The van der Waals surface area contributed by atoms with E-state index in [1.54, 1.807) is 12.1 Å². The molecule has 1 aliphatic carbocycles. The number of esters is 2. The van der Waals surface area contributed by atoms with Crippen molar-refractivity contribution in [3.8, 4) is 0 Å². The number of hydrogen-bond donors (Lipinski definition) is 1. The number of ether oxygens (including phenoxy) is 2. The van der Waals surface area contributed by atoms with Crippen LogP contribution in [0.25, 0.3) is 0 Å². The standard InChI is InChI=1S/C27H30F3NO5/c1-16(2)20-12-11-17(3)13-23(20)36-26(34)22-10-5-4-9-21(22)25(33)35-15-24(32)31-19-8-6-7-18(14-19)27(28,29)30/h4-10,14,16-17,20,23H,11-13,15H2,1-3H3,(H,31,32)/t17-,20-,23+/m1/s1. The number of hydrogen-bond acceptors (Lipinski definition) is 5. The number of amides is 1. The maximum atomic E-state index is 13.0. The van der Waals surface area contributed by atoms with Crippen molar-refractivity contribution < 1.29 is 37.0 Å². The van der Waals surface area contributed by atoms with E-state index >= 15 is 0 Å². The average Bonchev–Trinajstić information content (AvgIpc) is 2.82. The molecule has 194 valence electrons.